The molecule has 0 unspecified atom stereocenters. The summed E-state index contributed by atoms with van der Waals surface area (Å²) in [5.74, 6) is 0.936. The van der Waals surface area contributed by atoms with Crippen LogP contribution in [-0.2, 0) is 6.18 Å². The predicted octanol–water partition coefficient (Wildman–Crippen LogP) is 5.58. The van der Waals surface area contributed by atoms with E-state index in [1.54, 1.807) is 30.5 Å². The molecule has 0 bridgehead atoms. The third-order valence-corrected chi connectivity index (χ3v) is 4.84. The van der Waals surface area contributed by atoms with Gasteiger partial charge in [-0.15, -0.1) is 5.10 Å². The highest BCUT2D eigenvalue weighted by Gasteiger charge is 2.30. The summed E-state index contributed by atoms with van der Waals surface area (Å²) in [7, 11) is 0. The van der Waals surface area contributed by atoms with Crippen LogP contribution in [0.5, 0.6) is 0 Å². The molecule has 4 rings (SSSR count). The summed E-state index contributed by atoms with van der Waals surface area (Å²) >= 11 is 5.97. The second-order valence-electron chi connectivity index (χ2n) is 7.11. The van der Waals surface area contributed by atoms with Crippen LogP contribution in [0.15, 0.2) is 54.7 Å². The summed E-state index contributed by atoms with van der Waals surface area (Å²) in [6, 6.07) is 11.7. The molecule has 0 amide bonds. The van der Waals surface area contributed by atoms with Gasteiger partial charge in [-0.2, -0.15) is 17.9 Å². The number of rotatable bonds is 4. The van der Waals surface area contributed by atoms with Gasteiger partial charge in [0.15, 0.2) is 5.82 Å². The highest BCUT2D eigenvalue weighted by Crippen LogP contribution is 2.34. The minimum absolute atomic E-state index is 0.0227. The Kier molecular flexibility index (Phi) is 5.45. The van der Waals surface area contributed by atoms with Gasteiger partial charge in [-0.3, -0.25) is 0 Å². The van der Waals surface area contributed by atoms with Crippen LogP contribution < -0.4 is 0 Å². The maximum Gasteiger partial charge on any atom is 0.416 e. The Hall–Kier alpha value is -3.33. The molecule has 0 atom stereocenters. The molecule has 10 heteroatoms. The van der Waals surface area contributed by atoms with Crippen molar-refractivity contribution in [3.8, 4) is 28.3 Å². The zero-order chi connectivity index (χ0) is 22.2. The van der Waals surface area contributed by atoms with E-state index in [2.05, 4.69) is 25.5 Å². The van der Waals surface area contributed by atoms with E-state index in [4.69, 9.17) is 11.6 Å². The lowest BCUT2D eigenvalue weighted by Gasteiger charge is -2.13. The molecule has 0 fully saturated rings. The molecule has 2 aromatic carbocycles. The molecule has 2 aromatic heterocycles. The number of alkyl halides is 3. The normalized spacial score (nSPS) is 11.8. The minimum Gasteiger partial charge on any atom is -0.240 e. The largest absolute Gasteiger partial charge is 0.416 e. The van der Waals surface area contributed by atoms with Gasteiger partial charge >= 0.3 is 6.18 Å². The summed E-state index contributed by atoms with van der Waals surface area (Å²) in [5, 5.41) is 12.5. The second-order valence-corrected chi connectivity index (χ2v) is 7.55. The first-order chi connectivity index (χ1) is 14.7. The zero-order valence-electron chi connectivity index (χ0n) is 16.5. The smallest absolute Gasteiger partial charge is 0.240 e. The Bertz CT molecular complexity index is 1200. The lowest BCUT2D eigenvalue weighted by atomic mass is 10.0. The van der Waals surface area contributed by atoms with Crippen molar-refractivity contribution in [2.24, 2.45) is 0 Å². The molecule has 6 nitrogen and oxygen atoms in total. The first-order valence-corrected chi connectivity index (χ1v) is 9.71. The monoisotopic (exact) mass is 444 g/mol. The fourth-order valence-corrected chi connectivity index (χ4v) is 3.11. The van der Waals surface area contributed by atoms with Crippen molar-refractivity contribution in [3.05, 3.63) is 71.1 Å². The molecule has 0 aliphatic heterocycles. The van der Waals surface area contributed by atoms with Crippen molar-refractivity contribution < 1.29 is 13.2 Å². The molecule has 0 aliphatic carbocycles. The SMILES string of the molecule is CC(C)c1ncc(-c2nnnn2-c2ccc(Cl)cc2)c(-c2ccc(C(F)(F)F)cc2)n1. The number of tetrazole rings is 1. The van der Waals surface area contributed by atoms with Gasteiger partial charge in [0.1, 0.15) is 5.82 Å². The van der Waals surface area contributed by atoms with Gasteiger partial charge in [-0.1, -0.05) is 37.6 Å². The Morgan fingerprint density at radius 1 is 0.968 bits per heavy atom. The molecule has 4 aromatic rings. The van der Waals surface area contributed by atoms with Crippen LogP contribution in [0.4, 0.5) is 13.2 Å². The number of halogens is 4. The van der Waals surface area contributed by atoms with Crippen LogP contribution in [0.3, 0.4) is 0 Å². The van der Waals surface area contributed by atoms with Crippen molar-refractivity contribution in [1.29, 1.82) is 0 Å². The molecule has 0 spiro atoms. The quantitative estimate of drug-likeness (QED) is 0.411. The number of nitrogens with zero attached hydrogens (tertiary/aromatic N) is 6. The van der Waals surface area contributed by atoms with Crippen molar-refractivity contribution in [3.63, 3.8) is 0 Å². The highest BCUT2D eigenvalue weighted by molar-refractivity contribution is 6.30. The number of hydrogen-bond acceptors (Lipinski definition) is 5. The zero-order valence-corrected chi connectivity index (χ0v) is 17.2. The molecular weight excluding hydrogens is 429 g/mol. The van der Waals surface area contributed by atoms with E-state index in [0.717, 1.165) is 12.1 Å². The third kappa shape index (κ3) is 4.27. The lowest BCUT2D eigenvalue weighted by Crippen LogP contribution is -2.06. The van der Waals surface area contributed by atoms with E-state index < -0.39 is 11.7 Å². The fraction of sp³-hybridized carbons (Fsp3) is 0.190. The van der Waals surface area contributed by atoms with Crippen LogP contribution in [0.25, 0.3) is 28.3 Å². The Morgan fingerprint density at radius 2 is 1.65 bits per heavy atom. The minimum atomic E-state index is -4.42. The summed E-state index contributed by atoms with van der Waals surface area (Å²) in [5.41, 5.74) is 1.36. The van der Waals surface area contributed by atoms with Crippen molar-refractivity contribution >= 4 is 11.6 Å². The second kappa shape index (κ2) is 8.07. The van der Waals surface area contributed by atoms with Crippen LogP contribution in [-0.4, -0.2) is 30.2 Å². The summed E-state index contributed by atoms with van der Waals surface area (Å²) < 4.78 is 40.5. The first kappa shape index (κ1) is 20.9. The fourth-order valence-electron chi connectivity index (χ4n) is 2.99. The average molecular weight is 445 g/mol. The molecule has 0 aliphatic rings. The van der Waals surface area contributed by atoms with Crippen LogP contribution >= 0.6 is 11.6 Å². The third-order valence-electron chi connectivity index (χ3n) is 4.59. The topological polar surface area (TPSA) is 69.4 Å². The summed E-state index contributed by atoms with van der Waals surface area (Å²) in [6.07, 6.45) is -2.83. The predicted molar refractivity (Wildman–Crippen MR) is 110 cm³/mol. The lowest BCUT2D eigenvalue weighted by molar-refractivity contribution is -0.137. The van der Waals surface area contributed by atoms with Gasteiger partial charge in [-0.25, -0.2) is 9.97 Å². The summed E-state index contributed by atoms with van der Waals surface area (Å²) in [6.45, 7) is 3.87. The van der Waals surface area contributed by atoms with Gasteiger partial charge in [0, 0.05) is 22.7 Å². The van der Waals surface area contributed by atoms with Gasteiger partial charge in [-0.05, 0) is 46.8 Å². The van der Waals surface area contributed by atoms with Crippen molar-refractivity contribution in [2.45, 2.75) is 25.9 Å². The maximum atomic E-state index is 13.0. The number of aromatic nitrogens is 6. The number of hydrogen-bond donors (Lipinski definition) is 0. The molecule has 158 valence electrons. The Balaban J connectivity index is 1.87. The van der Waals surface area contributed by atoms with Crippen LogP contribution in [0, 0.1) is 0 Å². The molecule has 0 saturated heterocycles. The summed E-state index contributed by atoms with van der Waals surface area (Å²) in [4.78, 5) is 9.02. The Labute approximate surface area is 180 Å². The van der Waals surface area contributed by atoms with E-state index >= 15 is 0 Å². The molecule has 31 heavy (non-hydrogen) atoms. The van der Waals surface area contributed by atoms with Gasteiger partial charge < -0.3 is 0 Å². The van der Waals surface area contributed by atoms with Gasteiger partial charge in [0.2, 0.25) is 0 Å². The molecular formula is C21H16ClF3N6. The number of benzene rings is 2. The van der Waals surface area contributed by atoms with Crippen LogP contribution in [0.1, 0.15) is 31.2 Å². The van der Waals surface area contributed by atoms with Gasteiger partial charge in [0.25, 0.3) is 0 Å². The van der Waals surface area contributed by atoms with E-state index in [0.29, 0.717) is 39.2 Å². The van der Waals surface area contributed by atoms with E-state index in [9.17, 15) is 13.2 Å². The first-order valence-electron chi connectivity index (χ1n) is 9.33. The van der Waals surface area contributed by atoms with Gasteiger partial charge in [0.05, 0.1) is 22.5 Å². The molecule has 2 heterocycles. The Morgan fingerprint density at radius 3 is 2.26 bits per heavy atom. The van der Waals surface area contributed by atoms with E-state index in [-0.39, 0.29) is 5.92 Å². The maximum absolute atomic E-state index is 13.0. The van der Waals surface area contributed by atoms with Crippen molar-refractivity contribution in [1.82, 2.24) is 30.2 Å². The standard InChI is InChI=1S/C21H16ClF3N6/c1-12(2)19-26-11-17(18(27-19)13-3-5-14(6-4-13)21(23,24)25)20-28-29-30-31(20)16-9-7-15(22)8-10-16/h3-12H,1-2H3. The molecule has 0 radical (unpaired) electrons. The highest BCUT2D eigenvalue weighted by atomic mass is 35.5. The van der Waals surface area contributed by atoms with Crippen LogP contribution in [0.2, 0.25) is 5.02 Å². The van der Waals surface area contributed by atoms with Crippen molar-refractivity contribution in [2.75, 3.05) is 0 Å². The van der Waals surface area contributed by atoms with E-state index in [1.807, 2.05) is 13.8 Å². The molecule has 0 saturated carbocycles. The van der Waals surface area contributed by atoms with E-state index in [1.165, 1.54) is 16.8 Å². The molecule has 0 N–H and O–H groups in total. The average Bonchev–Trinajstić information content (AvgIpc) is 3.23.